The van der Waals surface area contributed by atoms with Crippen molar-refractivity contribution < 1.29 is 13.2 Å². The zero-order chi connectivity index (χ0) is 16.9. The number of para-hydroxylation sites is 1. The lowest BCUT2D eigenvalue weighted by Crippen LogP contribution is -2.23. The Labute approximate surface area is 136 Å². The van der Waals surface area contributed by atoms with Crippen molar-refractivity contribution in [2.45, 2.75) is 25.2 Å². The summed E-state index contributed by atoms with van der Waals surface area (Å²) in [6, 6.07) is 13.5. The van der Waals surface area contributed by atoms with Gasteiger partial charge in [-0.3, -0.25) is 4.79 Å². The topological polar surface area (TPSA) is 75.3 Å². The lowest BCUT2D eigenvalue weighted by atomic mass is 10.1. The van der Waals surface area contributed by atoms with Crippen molar-refractivity contribution in [3.63, 3.8) is 0 Å². The molecule has 0 aliphatic carbocycles. The van der Waals surface area contributed by atoms with Gasteiger partial charge in [0.25, 0.3) is 5.91 Å². The van der Waals surface area contributed by atoms with Gasteiger partial charge in [-0.15, -0.1) is 0 Å². The average molecular weight is 332 g/mol. The maximum atomic E-state index is 12.3. The quantitative estimate of drug-likeness (QED) is 0.854. The molecule has 5 nitrogen and oxygen atoms in total. The number of rotatable bonds is 6. The van der Waals surface area contributed by atoms with Gasteiger partial charge in [0.05, 0.1) is 4.90 Å². The van der Waals surface area contributed by atoms with Gasteiger partial charge in [-0.25, -0.2) is 13.1 Å². The molecule has 0 atom stereocenters. The van der Waals surface area contributed by atoms with Crippen LogP contribution in [0.3, 0.4) is 0 Å². The normalized spacial score (nSPS) is 11.2. The predicted octanol–water partition coefficient (Wildman–Crippen LogP) is 2.80. The molecule has 0 aliphatic heterocycles. The van der Waals surface area contributed by atoms with Crippen LogP contribution in [-0.2, 0) is 16.4 Å². The molecule has 2 aromatic carbocycles. The molecule has 2 N–H and O–H groups in total. The molecule has 0 saturated carbocycles. The Morgan fingerprint density at radius 2 is 1.65 bits per heavy atom. The van der Waals surface area contributed by atoms with Crippen molar-refractivity contribution in [3.05, 3.63) is 59.7 Å². The van der Waals surface area contributed by atoms with Crippen molar-refractivity contribution in [1.29, 1.82) is 0 Å². The number of sulfonamides is 1. The van der Waals surface area contributed by atoms with E-state index in [0.717, 1.165) is 17.7 Å². The standard InChI is InChI=1S/C17H20N2O3S/c1-3-13-7-5-6-8-16(13)19-17(20)14-9-11-15(12-10-14)23(21,22)18-4-2/h5-12,18H,3-4H2,1-2H3,(H,19,20). The molecular weight excluding hydrogens is 312 g/mol. The first-order chi connectivity index (χ1) is 11.0. The van der Waals surface area contributed by atoms with E-state index >= 15 is 0 Å². The zero-order valence-corrected chi connectivity index (χ0v) is 14.0. The summed E-state index contributed by atoms with van der Waals surface area (Å²) in [7, 11) is -3.50. The second kappa shape index (κ2) is 7.39. The van der Waals surface area contributed by atoms with Crippen molar-refractivity contribution in [3.8, 4) is 0 Å². The van der Waals surface area contributed by atoms with Crippen LogP contribution in [0.25, 0.3) is 0 Å². The van der Waals surface area contributed by atoms with E-state index in [1.807, 2.05) is 31.2 Å². The molecule has 23 heavy (non-hydrogen) atoms. The van der Waals surface area contributed by atoms with Gasteiger partial charge in [0.1, 0.15) is 0 Å². The number of carbonyl (C=O) groups is 1. The van der Waals surface area contributed by atoms with Crippen LogP contribution in [0.2, 0.25) is 0 Å². The van der Waals surface area contributed by atoms with Gasteiger partial charge in [0.2, 0.25) is 10.0 Å². The van der Waals surface area contributed by atoms with Crippen LogP contribution in [-0.4, -0.2) is 20.9 Å². The van der Waals surface area contributed by atoms with Crippen LogP contribution in [0.4, 0.5) is 5.69 Å². The third-order valence-electron chi connectivity index (χ3n) is 3.41. The number of hydrogen-bond donors (Lipinski definition) is 2. The van der Waals surface area contributed by atoms with Crippen LogP contribution in [0.5, 0.6) is 0 Å². The van der Waals surface area contributed by atoms with Crippen LogP contribution < -0.4 is 10.0 Å². The molecule has 0 aliphatic rings. The first-order valence-electron chi connectivity index (χ1n) is 7.47. The number of amides is 1. The molecule has 1 amide bonds. The van der Waals surface area contributed by atoms with Crippen LogP contribution in [0.1, 0.15) is 29.8 Å². The van der Waals surface area contributed by atoms with E-state index < -0.39 is 10.0 Å². The molecule has 0 unspecified atom stereocenters. The SMILES string of the molecule is CCNS(=O)(=O)c1ccc(C(=O)Nc2ccccc2CC)cc1. The number of hydrogen-bond acceptors (Lipinski definition) is 3. The third kappa shape index (κ3) is 4.18. The maximum absolute atomic E-state index is 12.3. The van der Waals surface area contributed by atoms with Crippen LogP contribution in [0, 0.1) is 0 Å². The van der Waals surface area contributed by atoms with Crippen molar-refractivity contribution in [1.82, 2.24) is 4.72 Å². The summed E-state index contributed by atoms with van der Waals surface area (Å²) in [5.74, 6) is -0.265. The maximum Gasteiger partial charge on any atom is 0.255 e. The van der Waals surface area contributed by atoms with E-state index in [2.05, 4.69) is 10.0 Å². The predicted molar refractivity (Wildman–Crippen MR) is 91.1 cm³/mol. The molecule has 2 rings (SSSR count). The van der Waals surface area contributed by atoms with E-state index in [0.29, 0.717) is 12.1 Å². The lowest BCUT2D eigenvalue weighted by molar-refractivity contribution is 0.102. The number of nitrogens with one attached hydrogen (secondary N) is 2. The van der Waals surface area contributed by atoms with Gasteiger partial charge in [0.15, 0.2) is 0 Å². The number of carbonyl (C=O) groups excluding carboxylic acids is 1. The second-order valence-corrected chi connectivity index (χ2v) is 6.76. The fourth-order valence-electron chi connectivity index (χ4n) is 2.20. The average Bonchev–Trinajstić information content (AvgIpc) is 2.55. The largest absolute Gasteiger partial charge is 0.322 e. The number of anilines is 1. The fraction of sp³-hybridized carbons (Fsp3) is 0.235. The smallest absolute Gasteiger partial charge is 0.255 e. The molecule has 0 bridgehead atoms. The molecule has 0 spiro atoms. The van der Waals surface area contributed by atoms with Gasteiger partial charge < -0.3 is 5.32 Å². The van der Waals surface area contributed by atoms with Crippen LogP contribution in [0.15, 0.2) is 53.4 Å². The van der Waals surface area contributed by atoms with Crippen molar-refractivity contribution in [2.75, 3.05) is 11.9 Å². The van der Waals surface area contributed by atoms with Gasteiger partial charge >= 0.3 is 0 Å². The van der Waals surface area contributed by atoms with Crippen molar-refractivity contribution in [2.24, 2.45) is 0 Å². The third-order valence-corrected chi connectivity index (χ3v) is 4.97. The van der Waals surface area contributed by atoms with E-state index in [1.54, 1.807) is 6.92 Å². The summed E-state index contributed by atoms with van der Waals surface area (Å²) in [6.07, 6.45) is 0.816. The summed E-state index contributed by atoms with van der Waals surface area (Å²) in [4.78, 5) is 12.4. The van der Waals surface area contributed by atoms with Gasteiger partial charge in [0, 0.05) is 17.8 Å². The Bertz CT molecular complexity index is 784. The summed E-state index contributed by atoms with van der Waals surface area (Å²) in [5.41, 5.74) is 2.22. The lowest BCUT2D eigenvalue weighted by Gasteiger charge is -2.10. The number of benzene rings is 2. The fourth-order valence-corrected chi connectivity index (χ4v) is 3.24. The number of aryl methyl sites for hydroxylation is 1. The van der Waals surface area contributed by atoms with Gasteiger partial charge in [-0.2, -0.15) is 0 Å². The van der Waals surface area contributed by atoms with E-state index in [1.165, 1.54) is 24.3 Å². The Balaban J connectivity index is 2.18. The minimum atomic E-state index is -3.50. The molecule has 0 aromatic heterocycles. The minimum Gasteiger partial charge on any atom is -0.322 e. The minimum absolute atomic E-state index is 0.143. The highest BCUT2D eigenvalue weighted by molar-refractivity contribution is 7.89. The first kappa shape index (κ1) is 17.2. The molecule has 122 valence electrons. The Morgan fingerprint density at radius 1 is 1.00 bits per heavy atom. The first-order valence-corrected chi connectivity index (χ1v) is 8.95. The molecule has 0 fully saturated rings. The second-order valence-electron chi connectivity index (χ2n) is 4.99. The van der Waals surface area contributed by atoms with Gasteiger partial charge in [-0.1, -0.05) is 32.0 Å². The Hall–Kier alpha value is -2.18. The monoisotopic (exact) mass is 332 g/mol. The van der Waals surface area contributed by atoms with Gasteiger partial charge in [-0.05, 0) is 42.3 Å². The molecule has 2 aromatic rings. The Morgan fingerprint density at radius 3 is 2.26 bits per heavy atom. The molecular formula is C17H20N2O3S. The highest BCUT2D eigenvalue weighted by Crippen LogP contribution is 2.17. The summed E-state index contributed by atoms with van der Waals surface area (Å²) >= 11 is 0. The van der Waals surface area contributed by atoms with Crippen molar-refractivity contribution >= 4 is 21.6 Å². The summed E-state index contributed by atoms with van der Waals surface area (Å²) in [5, 5.41) is 2.86. The summed E-state index contributed by atoms with van der Waals surface area (Å²) in [6.45, 7) is 4.05. The zero-order valence-electron chi connectivity index (χ0n) is 13.2. The highest BCUT2D eigenvalue weighted by Gasteiger charge is 2.14. The van der Waals surface area contributed by atoms with Crippen LogP contribution >= 0.6 is 0 Å². The Kier molecular flexibility index (Phi) is 5.52. The molecule has 0 radical (unpaired) electrons. The van der Waals surface area contributed by atoms with E-state index in [-0.39, 0.29) is 10.8 Å². The summed E-state index contributed by atoms with van der Waals surface area (Å²) < 4.78 is 26.2. The van der Waals surface area contributed by atoms with E-state index in [9.17, 15) is 13.2 Å². The van der Waals surface area contributed by atoms with E-state index in [4.69, 9.17) is 0 Å². The molecule has 0 heterocycles. The molecule has 6 heteroatoms. The highest BCUT2D eigenvalue weighted by atomic mass is 32.2. The molecule has 0 saturated heterocycles.